The summed E-state index contributed by atoms with van der Waals surface area (Å²) in [6.07, 6.45) is 6.26. The lowest BCUT2D eigenvalue weighted by molar-refractivity contribution is 0.0966. The molecule has 1 aliphatic heterocycles. The van der Waals surface area contributed by atoms with Gasteiger partial charge in [-0.05, 0) is 48.6 Å². The molecule has 2 heterocycles. The zero-order valence-electron chi connectivity index (χ0n) is 16.9. The van der Waals surface area contributed by atoms with Crippen LogP contribution in [-0.4, -0.2) is 15.9 Å². The number of aromatic nitrogens is 2. The third kappa shape index (κ3) is 3.76. The summed E-state index contributed by atoms with van der Waals surface area (Å²) in [7, 11) is 0. The molecule has 0 saturated heterocycles. The van der Waals surface area contributed by atoms with Crippen molar-refractivity contribution >= 4 is 17.4 Å². The highest BCUT2D eigenvalue weighted by molar-refractivity contribution is 6.03. The van der Waals surface area contributed by atoms with Gasteiger partial charge < -0.3 is 10.6 Å². The van der Waals surface area contributed by atoms with Crippen LogP contribution in [0.2, 0.25) is 0 Å². The molecule has 1 saturated carbocycles. The summed E-state index contributed by atoms with van der Waals surface area (Å²) in [6, 6.07) is 11.7. The number of hydrogen-bond donors (Lipinski definition) is 2. The molecule has 3 aromatic rings. The molecular weight excluding hydrogens is 398 g/mol. The first-order valence-corrected chi connectivity index (χ1v) is 10.6. The molecule has 1 aromatic heterocycles. The Balaban J connectivity index is 1.50. The first-order chi connectivity index (χ1) is 15.1. The summed E-state index contributed by atoms with van der Waals surface area (Å²) >= 11 is 0. The molecule has 2 aromatic carbocycles. The molecule has 0 radical (unpaired) electrons. The fourth-order valence-electron chi connectivity index (χ4n) is 4.45. The molecule has 2 aliphatic rings. The zero-order valence-corrected chi connectivity index (χ0v) is 16.9. The molecular formula is C24H22F2N4O. The van der Waals surface area contributed by atoms with Gasteiger partial charge in [-0.25, -0.2) is 18.7 Å². The summed E-state index contributed by atoms with van der Waals surface area (Å²) in [6.45, 7) is 0.190. The van der Waals surface area contributed by atoms with Crippen molar-refractivity contribution in [3.63, 3.8) is 0 Å². The van der Waals surface area contributed by atoms with E-state index in [1.165, 1.54) is 43.7 Å². The molecule has 1 amide bonds. The maximum Gasteiger partial charge on any atom is 0.257 e. The van der Waals surface area contributed by atoms with Crippen molar-refractivity contribution in [3.8, 4) is 11.4 Å². The van der Waals surface area contributed by atoms with Gasteiger partial charge in [-0.1, -0.05) is 37.5 Å². The average molecular weight is 420 g/mol. The first kappa shape index (κ1) is 19.6. The predicted octanol–water partition coefficient (Wildman–Crippen LogP) is 5.46. The van der Waals surface area contributed by atoms with Crippen molar-refractivity contribution < 1.29 is 13.6 Å². The minimum Gasteiger partial charge on any atom is -0.346 e. The number of halogens is 2. The third-order valence-electron chi connectivity index (χ3n) is 6.06. The van der Waals surface area contributed by atoms with Gasteiger partial charge in [0, 0.05) is 5.69 Å². The molecule has 31 heavy (non-hydrogen) atoms. The van der Waals surface area contributed by atoms with Gasteiger partial charge in [-0.2, -0.15) is 0 Å². The average Bonchev–Trinajstić information content (AvgIpc) is 3.16. The molecule has 0 atom stereocenters. The van der Waals surface area contributed by atoms with Crippen LogP contribution in [0, 0.1) is 11.6 Å². The van der Waals surface area contributed by atoms with Crippen molar-refractivity contribution in [2.24, 2.45) is 0 Å². The van der Waals surface area contributed by atoms with Crippen LogP contribution in [0.5, 0.6) is 0 Å². The Bertz CT molecular complexity index is 1120. The topological polar surface area (TPSA) is 66.9 Å². The summed E-state index contributed by atoms with van der Waals surface area (Å²) in [5.74, 6) is -1.07. The van der Waals surface area contributed by atoms with Crippen LogP contribution < -0.4 is 10.6 Å². The SMILES string of the molecule is O=C1NCc2nc(-c3c(F)cccc3F)nc(Nc3ccc(C4CCCCC4)cc3)c21. The smallest absolute Gasteiger partial charge is 0.257 e. The van der Waals surface area contributed by atoms with E-state index in [1.807, 2.05) is 12.1 Å². The monoisotopic (exact) mass is 420 g/mol. The van der Waals surface area contributed by atoms with Crippen LogP contribution in [0.15, 0.2) is 42.5 Å². The molecule has 0 unspecified atom stereocenters. The fraction of sp³-hybridized carbons (Fsp3) is 0.292. The molecule has 7 heteroatoms. The lowest BCUT2D eigenvalue weighted by atomic mass is 9.84. The second-order valence-electron chi connectivity index (χ2n) is 8.08. The number of nitrogens with zero attached hydrogens (tertiary/aromatic N) is 2. The Morgan fingerprint density at radius 3 is 2.32 bits per heavy atom. The Morgan fingerprint density at radius 2 is 1.61 bits per heavy atom. The minimum absolute atomic E-state index is 0.0906. The van der Waals surface area contributed by atoms with Gasteiger partial charge in [0.2, 0.25) is 0 Å². The number of rotatable bonds is 4. The molecule has 0 bridgehead atoms. The van der Waals surface area contributed by atoms with Crippen molar-refractivity contribution in [1.29, 1.82) is 0 Å². The standard InChI is InChI=1S/C24H22F2N4O/c25-17-7-4-8-18(26)20(17)22-29-19-13-27-24(31)21(19)23(30-22)28-16-11-9-15(10-12-16)14-5-2-1-3-6-14/h4,7-12,14H,1-3,5-6,13H2,(H,27,31)(H,28,29,30). The maximum atomic E-state index is 14.3. The summed E-state index contributed by atoms with van der Waals surface area (Å²) < 4.78 is 28.6. The summed E-state index contributed by atoms with van der Waals surface area (Å²) in [5, 5.41) is 5.86. The van der Waals surface area contributed by atoms with E-state index in [2.05, 4.69) is 32.7 Å². The minimum atomic E-state index is -0.750. The molecule has 2 N–H and O–H groups in total. The van der Waals surface area contributed by atoms with Gasteiger partial charge in [0.1, 0.15) is 23.0 Å². The van der Waals surface area contributed by atoms with Gasteiger partial charge >= 0.3 is 0 Å². The lowest BCUT2D eigenvalue weighted by Gasteiger charge is -2.22. The molecule has 158 valence electrons. The van der Waals surface area contributed by atoms with Crippen LogP contribution in [0.1, 0.15) is 59.6 Å². The van der Waals surface area contributed by atoms with Crippen molar-refractivity contribution in [2.75, 3.05) is 5.32 Å². The normalized spacial score (nSPS) is 16.1. The van der Waals surface area contributed by atoms with E-state index in [0.717, 1.165) is 17.8 Å². The van der Waals surface area contributed by atoms with Crippen molar-refractivity contribution in [1.82, 2.24) is 15.3 Å². The summed E-state index contributed by atoms with van der Waals surface area (Å²) in [4.78, 5) is 20.9. The van der Waals surface area contributed by atoms with Gasteiger partial charge in [-0.3, -0.25) is 4.79 Å². The first-order valence-electron chi connectivity index (χ1n) is 10.6. The number of fused-ring (bicyclic) bond motifs is 1. The van der Waals surface area contributed by atoms with Crippen LogP contribution in [0.4, 0.5) is 20.3 Å². The van der Waals surface area contributed by atoms with Crippen LogP contribution in [0.25, 0.3) is 11.4 Å². The number of benzene rings is 2. The number of carbonyl (C=O) groups is 1. The Hall–Kier alpha value is -3.35. The van der Waals surface area contributed by atoms with E-state index in [4.69, 9.17) is 0 Å². The van der Waals surface area contributed by atoms with Crippen molar-refractivity contribution in [2.45, 2.75) is 44.6 Å². The Kier molecular flexibility index (Phi) is 5.10. The Morgan fingerprint density at radius 1 is 0.903 bits per heavy atom. The number of amides is 1. The van der Waals surface area contributed by atoms with Crippen LogP contribution in [0.3, 0.4) is 0 Å². The Labute approximate surface area is 178 Å². The largest absolute Gasteiger partial charge is 0.346 e. The molecule has 0 spiro atoms. The van der Waals surface area contributed by atoms with Gasteiger partial charge in [0.25, 0.3) is 5.91 Å². The lowest BCUT2D eigenvalue weighted by Crippen LogP contribution is -2.14. The highest BCUT2D eigenvalue weighted by Crippen LogP contribution is 2.34. The highest BCUT2D eigenvalue weighted by atomic mass is 19.1. The summed E-state index contributed by atoms with van der Waals surface area (Å²) in [5.41, 5.74) is 2.47. The predicted molar refractivity (Wildman–Crippen MR) is 114 cm³/mol. The molecule has 5 nitrogen and oxygen atoms in total. The van der Waals surface area contributed by atoms with E-state index >= 15 is 0 Å². The second kappa shape index (κ2) is 8.06. The van der Waals surface area contributed by atoms with E-state index < -0.39 is 11.6 Å². The highest BCUT2D eigenvalue weighted by Gasteiger charge is 2.28. The van der Waals surface area contributed by atoms with Gasteiger partial charge in [0.15, 0.2) is 5.82 Å². The zero-order chi connectivity index (χ0) is 21.4. The maximum absolute atomic E-state index is 14.3. The van der Waals surface area contributed by atoms with Gasteiger partial charge in [0.05, 0.1) is 17.8 Å². The number of carbonyl (C=O) groups excluding carboxylic acids is 1. The fourth-order valence-corrected chi connectivity index (χ4v) is 4.45. The molecule has 5 rings (SSSR count). The van der Waals surface area contributed by atoms with Crippen LogP contribution in [-0.2, 0) is 6.54 Å². The number of hydrogen-bond acceptors (Lipinski definition) is 4. The molecule has 1 fully saturated rings. The van der Waals surface area contributed by atoms with E-state index in [0.29, 0.717) is 17.2 Å². The van der Waals surface area contributed by atoms with E-state index in [1.54, 1.807) is 0 Å². The van der Waals surface area contributed by atoms with Gasteiger partial charge in [-0.15, -0.1) is 0 Å². The number of nitrogens with one attached hydrogen (secondary N) is 2. The second-order valence-corrected chi connectivity index (χ2v) is 8.08. The van der Waals surface area contributed by atoms with Crippen molar-refractivity contribution in [3.05, 3.63) is 70.9 Å². The van der Waals surface area contributed by atoms with E-state index in [-0.39, 0.29) is 29.7 Å². The third-order valence-corrected chi connectivity index (χ3v) is 6.06. The van der Waals surface area contributed by atoms with E-state index in [9.17, 15) is 13.6 Å². The quantitative estimate of drug-likeness (QED) is 0.588. The molecule has 1 aliphatic carbocycles. The number of anilines is 2. The van der Waals surface area contributed by atoms with Crippen LogP contribution >= 0.6 is 0 Å².